The molecule has 0 aromatic heterocycles. The number of hydrogen-bond acceptors (Lipinski definition) is 6. The molecule has 0 fully saturated rings. The van der Waals surface area contributed by atoms with E-state index in [4.69, 9.17) is 14.2 Å². The molecule has 0 aliphatic heterocycles. The summed E-state index contributed by atoms with van der Waals surface area (Å²) in [4.78, 5) is 38.2. The molecule has 0 aliphatic rings. The highest BCUT2D eigenvalue weighted by Crippen LogP contribution is 2.15. The first-order valence-corrected chi connectivity index (χ1v) is 30.1. The van der Waals surface area contributed by atoms with Crippen molar-refractivity contribution < 1.29 is 28.6 Å². The van der Waals surface area contributed by atoms with E-state index >= 15 is 0 Å². The van der Waals surface area contributed by atoms with E-state index in [1.165, 1.54) is 154 Å². The zero-order valence-corrected chi connectivity index (χ0v) is 46.7. The Hall–Kier alpha value is -3.41. The van der Waals surface area contributed by atoms with E-state index in [2.05, 4.69) is 106 Å². The second kappa shape index (κ2) is 59.2. The Bertz CT molecular complexity index is 1370. The fraction of sp³-hybridized carbons (Fsp3) is 0.738. The average molecular weight is 990 g/mol. The van der Waals surface area contributed by atoms with Gasteiger partial charge in [-0.15, -0.1) is 0 Å². The quantitative estimate of drug-likeness (QED) is 0.0199. The molecule has 0 bridgehead atoms. The molecule has 6 heteroatoms. The maximum Gasteiger partial charge on any atom is 0.306 e. The van der Waals surface area contributed by atoms with Crippen LogP contribution >= 0.6 is 0 Å². The average Bonchev–Trinajstić information content (AvgIpc) is 3.37. The Kier molecular flexibility index (Phi) is 56.3. The molecule has 0 saturated heterocycles. The minimum Gasteiger partial charge on any atom is -0.462 e. The molecular formula is C65H112O6. The third kappa shape index (κ3) is 57.4. The van der Waals surface area contributed by atoms with Gasteiger partial charge in [-0.05, 0) is 109 Å². The van der Waals surface area contributed by atoms with Crippen LogP contribution in [0.5, 0.6) is 0 Å². The molecule has 0 amide bonds. The van der Waals surface area contributed by atoms with Gasteiger partial charge in [0.15, 0.2) is 6.10 Å². The fourth-order valence-corrected chi connectivity index (χ4v) is 8.36. The highest BCUT2D eigenvalue weighted by Gasteiger charge is 2.19. The lowest BCUT2D eigenvalue weighted by molar-refractivity contribution is -0.167. The molecule has 0 spiro atoms. The van der Waals surface area contributed by atoms with Crippen molar-refractivity contribution >= 4 is 17.9 Å². The molecule has 1 atom stereocenters. The van der Waals surface area contributed by atoms with E-state index in [1.54, 1.807) is 0 Å². The van der Waals surface area contributed by atoms with E-state index in [1.807, 2.05) is 0 Å². The number of unbranched alkanes of at least 4 members (excludes halogenated alkanes) is 30. The Morgan fingerprint density at radius 3 is 0.986 bits per heavy atom. The molecule has 0 saturated carbocycles. The molecule has 1 unspecified atom stereocenters. The summed E-state index contributed by atoms with van der Waals surface area (Å²) in [5.41, 5.74) is 0. The van der Waals surface area contributed by atoms with Crippen LogP contribution in [-0.4, -0.2) is 37.2 Å². The molecular weight excluding hydrogens is 877 g/mol. The summed E-state index contributed by atoms with van der Waals surface area (Å²) < 4.78 is 16.9. The summed E-state index contributed by atoms with van der Waals surface area (Å²) in [6.07, 6.45) is 77.1. The Morgan fingerprint density at radius 2 is 0.592 bits per heavy atom. The number of esters is 3. The van der Waals surface area contributed by atoms with Crippen molar-refractivity contribution in [3.8, 4) is 0 Å². The maximum atomic E-state index is 12.9. The number of carbonyl (C=O) groups is 3. The first kappa shape index (κ1) is 67.6. The van der Waals surface area contributed by atoms with Crippen molar-refractivity contribution in [2.24, 2.45) is 0 Å². The number of carbonyl (C=O) groups excluding carboxylic acids is 3. The number of allylic oxidation sites excluding steroid dienone is 14. The molecule has 0 aromatic carbocycles. The van der Waals surface area contributed by atoms with Crippen molar-refractivity contribution in [1.82, 2.24) is 0 Å². The molecule has 0 radical (unpaired) electrons. The first-order valence-electron chi connectivity index (χ1n) is 30.1. The lowest BCUT2D eigenvalue weighted by Crippen LogP contribution is -2.30. The molecule has 0 aromatic rings. The lowest BCUT2D eigenvalue weighted by atomic mass is 10.1. The van der Waals surface area contributed by atoms with Crippen LogP contribution in [0.15, 0.2) is 85.1 Å². The summed E-state index contributed by atoms with van der Waals surface area (Å²) in [6.45, 7) is 6.49. The van der Waals surface area contributed by atoms with Gasteiger partial charge >= 0.3 is 17.9 Å². The van der Waals surface area contributed by atoms with Crippen molar-refractivity contribution in [3.05, 3.63) is 85.1 Å². The second-order valence-electron chi connectivity index (χ2n) is 19.9. The van der Waals surface area contributed by atoms with Crippen LogP contribution in [0.25, 0.3) is 0 Å². The molecule has 71 heavy (non-hydrogen) atoms. The highest BCUT2D eigenvalue weighted by atomic mass is 16.6. The normalized spacial score (nSPS) is 12.7. The number of hydrogen-bond donors (Lipinski definition) is 0. The third-order valence-electron chi connectivity index (χ3n) is 12.9. The minimum absolute atomic E-state index is 0.0887. The van der Waals surface area contributed by atoms with E-state index in [9.17, 15) is 14.4 Å². The minimum atomic E-state index is -0.791. The largest absolute Gasteiger partial charge is 0.462 e. The summed E-state index contributed by atoms with van der Waals surface area (Å²) in [5, 5.41) is 0. The van der Waals surface area contributed by atoms with Gasteiger partial charge in [0.05, 0.1) is 0 Å². The third-order valence-corrected chi connectivity index (χ3v) is 12.9. The van der Waals surface area contributed by atoms with E-state index in [0.717, 1.165) is 96.3 Å². The van der Waals surface area contributed by atoms with Gasteiger partial charge in [-0.2, -0.15) is 0 Å². The van der Waals surface area contributed by atoms with Crippen LogP contribution in [0.3, 0.4) is 0 Å². The van der Waals surface area contributed by atoms with E-state index < -0.39 is 6.10 Å². The van der Waals surface area contributed by atoms with Crippen LogP contribution in [0, 0.1) is 0 Å². The Balaban J connectivity index is 4.42. The molecule has 0 rings (SSSR count). The first-order chi connectivity index (χ1) is 35.0. The monoisotopic (exact) mass is 989 g/mol. The summed E-state index contributed by atoms with van der Waals surface area (Å²) in [6, 6.07) is 0. The van der Waals surface area contributed by atoms with Gasteiger partial charge in [-0.3, -0.25) is 14.4 Å². The van der Waals surface area contributed by atoms with Gasteiger partial charge in [0.2, 0.25) is 0 Å². The zero-order chi connectivity index (χ0) is 51.4. The topological polar surface area (TPSA) is 78.9 Å². The van der Waals surface area contributed by atoms with Crippen molar-refractivity contribution in [1.29, 1.82) is 0 Å². The zero-order valence-electron chi connectivity index (χ0n) is 46.7. The maximum absolute atomic E-state index is 12.9. The van der Waals surface area contributed by atoms with Crippen molar-refractivity contribution in [2.45, 2.75) is 297 Å². The van der Waals surface area contributed by atoms with Crippen LogP contribution in [-0.2, 0) is 28.6 Å². The van der Waals surface area contributed by atoms with Gasteiger partial charge in [-0.1, -0.05) is 247 Å². The van der Waals surface area contributed by atoms with Crippen LogP contribution < -0.4 is 0 Å². The summed E-state index contributed by atoms with van der Waals surface area (Å²) in [5.74, 6) is -0.909. The lowest BCUT2D eigenvalue weighted by Gasteiger charge is -2.18. The Labute approximate surface area is 439 Å². The van der Waals surface area contributed by atoms with Crippen LogP contribution in [0.1, 0.15) is 290 Å². The number of ether oxygens (including phenoxy) is 3. The fourth-order valence-electron chi connectivity index (χ4n) is 8.36. The van der Waals surface area contributed by atoms with Crippen LogP contribution in [0.2, 0.25) is 0 Å². The Morgan fingerprint density at radius 1 is 0.310 bits per heavy atom. The SMILES string of the molecule is CC/C=C\C/C=C\C/C=C\C/C=C\CCCCCCCCC(=O)OCC(COC(=O)CCCCCCCC/C=C\C=C/CCCCC)OC(=O)CCCCCCCCC/C=C\CCCCCCCCCC. The predicted octanol–water partition coefficient (Wildman–Crippen LogP) is 20.3. The second-order valence-corrected chi connectivity index (χ2v) is 19.9. The smallest absolute Gasteiger partial charge is 0.306 e. The summed E-state index contributed by atoms with van der Waals surface area (Å²) in [7, 11) is 0. The molecule has 0 N–H and O–H groups in total. The van der Waals surface area contributed by atoms with Crippen molar-refractivity contribution in [2.75, 3.05) is 13.2 Å². The van der Waals surface area contributed by atoms with Gasteiger partial charge in [0, 0.05) is 19.3 Å². The van der Waals surface area contributed by atoms with Gasteiger partial charge in [0.1, 0.15) is 13.2 Å². The van der Waals surface area contributed by atoms with Gasteiger partial charge < -0.3 is 14.2 Å². The predicted molar refractivity (Wildman–Crippen MR) is 307 cm³/mol. The van der Waals surface area contributed by atoms with Crippen molar-refractivity contribution in [3.63, 3.8) is 0 Å². The molecule has 408 valence electrons. The highest BCUT2D eigenvalue weighted by molar-refractivity contribution is 5.71. The van der Waals surface area contributed by atoms with Crippen LogP contribution in [0.4, 0.5) is 0 Å². The van der Waals surface area contributed by atoms with E-state index in [-0.39, 0.29) is 31.1 Å². The molecule has 0 aliphatic carbocycles. The van der Waals surface area contributed by atoms with Gasteiger partial charge in [-0.25, -0.2) is 0 Å². The number of rotatable bonds is 54. The molecule has 0 heterocycles. The molecule has 6 nitrogen and oxygen atoms in total. The van der Waals surface area contributed by atoms with Gasteiger partial charge in [0.25, 0.3) is 0 Å². The van der Waals surface area contributed by atoms with E-state index in [0.29, 0.717) is 19.3 Å². The standard InChI is InChI=1S/C65H112O6/c1-4-7-10-13-16-19-22-25-28-30-32-34-37-40-43-46-49-52-55-58-64(67)70-61-62(60-69-63(66)57-54-51-48-45-42-39-36-27-24-21-18-15-12-9-6-3)71-65(68)59-56-53-50-47-44-41-38-35-33-31-29-26-23-20-17-14-11-8-5-2/h7,10,16,18-19,21,24-25,27-28,31-34,62H,4-6,8-9,11-15,17,20,22-23,26,29-30,35-61H2,1-3H3/b10-7-,19-16-,21-18-,27-24-,28-25-,33-31-,34-32-. The summed E-state index contributed by atoms with van der Waals surface area (Å²) >= 11 is 0.